The van der Waals surface area contributed by atoms with Crippen LogP contribution in [-0.4, -0.2) is 19.2 Å². The van der Waals surface area contributed by atoms with Crippen LogP contribution in [0.25, 0.3) is 0 Å². The molecule has 2 aromatic carbocycles. The molecule has 0 aromatic heterocycles. The Balaban J connectivity index is 1.68. The number of halogens is 1. The molecule has 2 N–H and O–H groups in total. The summed E-state index contributed by atoms with van der Waals surface area (Å²) in [6.45, 7) is 0.543. The monoisotopic (exact) mass is 349 g/mol. The summed E-state index contributed by atoms with van der Waals surface area (Å²) in [4.78, 5) is 11.7. The predicted octanol–water partition coefficient (Wildman–Crippen LogP) is 3.20. The maximum atomic E-state index is 11.7. The van der Waals surface area contributed by atoms with Crippen molar-refractivity contribution in [1.82, 2.24) is 0 Å². The van der Waals surface area contributed by atoms with Gasteiger partial charge in [0.25, 0.3) is 0 Å². The van der Waals surface area contributed by atoms with Gasteiger partial charge < -0.3 is 15.2 Å². The lowest BCUT2D eigenvalue weighted by atomic mass is 10.1. The molecular weight excluding hydrogens is 334 g/mol. The number of hydrogen-bond donors (Lipinski definition) is 1. The summed E-state index contributed by atoms with van der Waals surface area (Å²) in [5.41, 5.74) is 7.13. The van der Waals surface area contributed by atoms with E-state index in [0.717, 1.165) is 15.8 Å². The van der Waals surface area contributed by atoms with Gasteiger partial charge in [-0.1, -0.05) is 28.1 Å². The van der Waals surface area contributed by atoms with Crippen molar-refractivity contribution in [2.75, 3.05) is 18.9 Å². The fourth-order valence-corrected chi connectivity index (χ4v) is 2.03. The van der Waals surface area contributed by atoms with Gasteiger partial charge in [-0.2, -0.15) is 0 Å². The maximum Gasteiger partial charge on any atom is 0.310 e. The highest BCUT2D eigenvalue weighted by Gasteiger charge is 2.05. The maximum absolute atomic E-state index is 11.7. The summed E-state index contributed by atoms with van der Waals surface area (Å²) in [5.74, 6) is 0.449. The SMILES string of the molecule is Nc1cccc(CC(=O)OCCOc2ccc(Br)cc2)c1. The average molecular weight is 350 g/mol. The Labute approximate surface area is 132 Å². The Morgan fingerprint density at radius 1 is 1.10 bits per heavy atom. The summed E-state index contributed by atoms with van der Waals surface area (Å²) >= 11 is 3.35. The molecule has 0 saturated carbocycles. The van der Waals surface area contributed by atoms with E-state index in [0.29, 0.717) is 12.3 Å². The number of benzene rings is 2. The molecule has 0 atom stereocenters. The minimum Gasteiger partial charge on any atom is -0.490 e. The fourth-order valence-electron chi connectivity index (χ4n) is 1.77. The van der Waals surface area contributed by atoms with E-state index in [2.05, 4.69) is 15.9 Å². The van der Waals surface area contributed by atoms with Crippen LogP contribution >= 0.6 is 15.9 Å². The number of nitrogens with two attached hydrogens (primary N) is 1. The Bertz CT molecular complexity index is 599. The Morgan fingerprint density at radius 3 is 2.57 bits per heavy atom. The lowest BCUT2D eigenvalue weighted by Crippen LogP contribution is -2.14. The summed E-state index contributed by atoms with van der Waals surface area (Å²) in [5, 5.41) is 0. The molecule has 0 aliphatic carbocycles. The van der Waals surface area contributed by atoms with Crippen molar-refractivity contribution >= 4 is 27.6 Å². The van der Waals surface area contributed by atoms with Gasteiger partial charge in [-0.3, -0.25) is 4.79 Å². The van der Waals surface area contributed by atoms with Crippen LogP contribution in [0.1, 0.15) is 5.56 Å². The molecule has 0 saturated heterocycles. The summed E-state index contributed by atoms with van der Waals surface area (Å²) in [6, 6.07) is 14.7. The van der Waals surface area contributed by atoms with Gasteiger partial charge >= 0.3 is 5.97 Å². The third kappa shape index (κ3) is 5.47. The molecule has 4 nitrogen and oxygen atoms in total. The topological polar surface area (TPSA) is 61.6 Å². The number of nitrogen functional groups attached to an aromatic ring is 1. The van der Waals surface area contributed by atoms with Crippen LogP contribution in [-0.2, 0) is 16.0 Å². The highest BCUT2D eigenvalue weighted by Crippen LogP contribution is 2.15. The summed E-state index contributed by atoms with van der Waals surface area (Å²) in [6.07, 6.45) is 0.212. The number of anilines is 1. The first-order valence-corrected chi connectivity index (χ1v) is 7.31. The van der Waals surface area contributed by atoms with Crippen molar-refractivity contribution in [3.63, 3.8) is 0 Å². The number of rotatable bonds is 6. The number of carbonyl (C=O) groups excluding carboxylic acids is 1. The van der Waals surface area contributed by atoms with Crippen molar-refractivity contribution in [2.24, 2.45) is 0 Å². The molecule has 0 spiro atoms. The molecule has 0 aliphatic rings. The molecule has 0 bridgehead atoms. The van der Waals surface area contributed by atoms with Crippen LogP contribution < -0.4 is 10.5 Å². The molecule has 0 heterocycles. The van der Waals surface area contributed by atoms with Crippen molar-refractivity contribution in [3.05, 3.63) is 58.6 Å². The van der Waals surface area contributed by atoms with Gasteiger partial charge in [0, 0.05) is 10.2 Å². The first kappa shape index (κ1) is 15.4. The first-order valence-electron chi connectivity index (χ1n) is 6.52. The van der Waals surface area contributed by atoms with E-state index >= 15 is 0 Å². The second-order valence-electron chi connectivity index (χ2n) is 4.44. The van der Waals surface area contributed by atoms with Crippen LogP contribution in [0.3, 0.4) is 0 Å². The Hall–Kier alpha value is -2.01. The highest BCUT2D eigenvalue weighted by molar-refractivity contribution is 9.10. The highest BCUT2D eigenvalue weighted by atomic mass is 79.9. The zero-order valence-corrected chi connectivity index (χ0v) is 13.0. The molecule has 0 fully saturated rings. The molecule has 2 rings (SSSR count). The fraction of sp³-hybridized carbons (Fsp3) is 0.188. The lowest BCUT2D eigenvalue weighted by Gasteiger charge is -2.08. The van der Waals surface area contributed by atoms with Crippen LogP contribution in [0, 0.1) is 0 Å². The Morgan fingerprint density at radius 2 is 1.86 bits per heavy atom. The van der Waals surface area contributed by atoms with E-state index in [1.54, 1.807) is 12.1 Å². The van der Waals surface area contributed by atoms with Gasteiger partial charge in [-0.05, 0) is 42.0 Å². The molecule has 0 aliphatic heterocycles. The van der Waals surface area contributed by atoms with Crippen LogP contribution in [0.15, 0.2) is 53.0 Å². The van der Waals surface area contributed by atoms with Crippen LogP contribution in [0.2, 0.25) is 0 Å². The Kier molecular flexibility index (Phi) is 5.63. The molecular formula is C16H16BrNO3. The first-order chi connectivity index (χ1) is 10.1. The quantitative estimate of drug-likeness (QED) is 0.494. The molecule has 2 aromatic rings. The van der Waals surface area contributed by atoms with E-state index < -0.39 is 0 Å². The molecule has 0 radical (unpaired) electrons. The van der Waals surface area contributed by atoms with Crippen LogP contribution in [0.5, 0.6) is 5.75 Å². The minimum atomic E-state index is -0.292. The third-order valence-electron chi connectivity index (χ3n) is 2.73. The largest absolute Gasteiger partial charge is 0.490 e. The zero-order chi connectivity index (χ0) is 15.1. The van der Waals surface area contributed by atoms with Gasteiger partial charge in [0.05, 0.1) is 6.42 Å². The van der Waals surface area contributed by atoms with Crippen molar-refractivity contribution in [2.45, 2.75) is 6.42 Å². The van der Waals surface area contributed by atoms with Gasteiger partial charge in [-0.15, -0.1) is 0 Å². The van der Waals surface area contributed by atoms with Gasteiger partial charge in [0.15, 0.2) is 0 Å². The summed E-state index contributed by atoms with van der Waals surface area (Å²) < 4.78 is 11.6. The second kappa shape index (κ2) is 7.69. The van der Waals surface area contributed by atoms with Crippen LogP contribution in [0.4, 0.5) is 5.69 Å². The lowest BCUT2D eigenvalue weighted by molar-refractivity contribution is -0.143. The molecule has 0 amide bonds. The van der Waals surface area contributed by atoms with E-state index in [1.807, 2.05) is 36.4 Å². The van der Waals surface area contributed by atoms with Crippen molar-refractivity contribution in [1.29, 1.82) is 0 Å². The number of ether oxygens (including phenoxy) is 2. The zero-order valence-electron chi connectivity index (χ0n) is 11.4. The third-order valence-corrected chi connectivity index (χ3v) is 3.26. The normalized spacial score (nSPS) is 10.1. The number of esters is 1. The van der Waals surface area contributed by atoms with E-state index in [4.69, 9.17) is 15.2 Å². The smallest absolute Gasteiger partial charge is 0.310 e. The molecule has 0 unspecified atom stereocenters. The summed E-state index contributed by atoms with van der Waals surface area (Å²) in [7, 11) is 0. The minimum absolute atomic E-state index is 0.212. The predicted molar refractivity (Wildman–Crippen MR) is 85.2 cm³/mol. The van der Waals surface area contributed by atoms with E-state index in [9.17, 15) is 4.79 Å². The van der Waals surface area contributed by atoms with Crippen molar-refractivity contribution < 1.29 is 14.3 Å². The number of carbonyl (C=O) groups is 1. The molecule has 21 heavy (non-hydrogen) atoms. The average Bonchev–Trinajstić information content (AvgIpc) is 2.45. The molecule has 110 valence electrons. The van der Waals surface area contributed by atoms with Gasteiger partial charge in [-0.25, -0.2) is 0 Å². The second-order valence-corrected chi connectivity index (χ2v) is 5.36. The van der Waals surface area contributed by atoms with Crippen molar-refractivity contribution in [3.8, 4) is 5.75 Å². The van der Waals surface area contributed by atoms with Gasteiger partial charge in [0.2, 0.25) is 0 Å². The van der Waals surface area contributed by atoms with E-state index in [1.165, 1.54) is 0 Å². The number of hydrogen-bond acceptors (Lipinski definition) is 4. The van der Waals surface area contributed by atoms with E-state index in [-0.39, 0.29) is 19.0 Å². The standard InChI is InChI=1S/C16H16BrNO3/c17-13-4-6-15(7-5-13)20-8-9-21-16(19)11-12-2-1-3-14(18)10-12/h1-7,10H,8-9,11,18H2. The molecule has 5 heteroatoms. The van der Waals surface area contributed by atoms with Gasteiger partial charge in [0.1, 0.15) is 19.0 Å².